The molecule has 0 spiro atoms. The van der Waals surface area contributed by atoms with Crippen LogP contribution in [0, 0.1) is 6.92 Å². The molecule has 6 N–H and O–H groups in total. The maximum atomic E-state index is 12.8. The van der Waals surface area contributed by atoms with Gasteiger partial charge in [0.2, 0.25) is 0 Å². The summed E-state index contributed by atoms with van der Waals surface area (Å²) in [6.45, 7) is 4.40. The molecule has 0 unspecified atom stereocenters. The number of nitrogens with two attached hydrogens (primary N) is 1. The number of nitrogens with zero attached hydrogens (tertiary/aromatic N) is 2. The highest BCUT2D eigenvalue weighted by Gasteiger charge is 2.18. The number of aryl methyl sites for hydroxylation is 1. The van der Waals surface area contributed by atoms with Crippen molar-refractivity contribution >= 4 is 22.6 Å². The van der Waals surface area contributed by atoms with Crippen molar-refractivity contribution in [2.75, 3.05) is 18.5 Å². The Morgan fingerprint density at radius 3 is 2.76 bits per heavy atom. The highest BCUT2D eigenvalue weighted by Crippen LogP contribution is 2.27. The zero-order valence-electron chi connectivity index (χ0n) is 18.7. The van der Waals surface area contributed by atoms with E-state index in [9.17, 15) is 9.90 Å². The van der Waals surface area contributed by atoms with Crippen molar-refractivity contribution in [2.24, 2.45) is 10.7 Å². The summed E-state index contributed by atoms with van der Waals surface area (Å²) in [5, 5.41) is 13.3. The Balaban J connectivity index is 1.73. The van der Waals surface area contributed by atoms with Crippen molar-refractivity contribution in [1.82, 2.24) is 15.0 Å². The van der Waals surface area contributed by atoms with Gasteiger partial charge in [0.05, 0.1) is 29.4 Å². The van der Waals surface area contributed by atoms with Crippen molar-refractivity contribution in [2.45, 2.75) is 26.3 Å². The summed E-state index contributed by atoms with van der Waals surface area (Å²) in [5.74, 6) is 0.905. The highest BCUT2D eigenvalue weighted by atomic mass is 16.3. The summed E-state index contributed by atoms with van der Waals surface area (Å²) in [6, 6.07) is 15.2. The van der Waals surface area contributed by atoms with Crippen LogP contribution in [0.25, 0.3) is 22.4 Å². The van der Waals surface area contributed by atoms with Crippen LogP contribution in [0.3, 0.4) is 0 Å². The largest absolute Gasteiger partial charge is 0.394 e. The Morgan fingerprint density at radius 1 is 1.24 bits per heavy atom. The summed E-state index contributed by atoms with van der Waals surface area (Å²) >= 11 is 0. The van der Waals surface area contributed by atoms with E-state index in [2.05, 4.69) is 20.3 Å². The monoisotopic (exact) mass is 444 g/mol. The molecule has 0 bridgehead atoms. The first-order valence-electron chi connectivity index (χ1n) is 10.9. The van der Waals surface area contributed by atoms with Crippen LogP contribution < -0.4 is 16.6 Å². The molecule has 0 saturated heterocycles. The third-order valence-electron chi connectivity index (χ3n) is 5.50. The van der Waals surface area contributed by atoms with Crippen LogP contribution in [-0.4, -0.2) is 45.1 Å². The number of hydrogen-bond acceptors (Lipinski definition) is 5. The molecule has 0 aliphatic rings. The maximum absolute atomic E-state index is 12.8. The van der Waals surface area contributed by atoms with Gasteiger partial charge in [-0.15, -0.1) is 0 Å². The van der Waals surface area contributed by atoms with E-state index in [0.29, 0.717) is 35.9 Å². The number of pyridine rings is 1. The van der Waals surface area contributed by atoms with Crippen LogP contribution in [-0.2, 0) is 6.42 Å². The number of anilines is 1. The molecule has 8 nitrogen and oxygen atoms in total. The third-order valence-corrected chi connectivity index (χ3v) is 5.50. The third kappa shape index (κ3) is 4.80. The number of rotatable bonds is 8. The van der Waals surface area contributed by atoms with Gasteiger partial charge in [-0.2, -0.15) is 0 Å². The number of H-pyrrole nitrogens is 2. The van der Waals surface area contributed by atoms with E-state index in [-0.39, 0.29) is 18.2 Å². The molecular formula is C25H28N6O2. The van der Waals surface area contributed by atoms with Crippen molar-refractivity contribution in [1.29, 1.82) is 0 Å². The number of nitrogens with one attached hydrogen (secondary N) is 3. The van der Waals surface area contributed by atoms with Gasteiger partial charge >= 0.3 is 0 Å². The lowest BCUT2D eigenvalue weighted by Gasteiger charge is -2.19. The maximum Gasteiger partial charge on any atom is 0.261 e. The van der Waals surface area contributed by atoms with Crippen LogP contribution in [0.1, 0.15) is 23.6 Å². The number of imidazole rings is 1. The number of benzene rings is 2. The number of aliphatic imine (C=N–C) groups is 1. The van der Waals surface area contributed by atoms with Crippen LogP contribution in [0.2, 0.25) is 0 Å². The number of hydrogen-bond donors (Lipinski definition) is 5. The second kappa shape index (κ2) is 9.70. The van der Waals surface area contributed by atoms with E-state index in [1.165, 1.54) is 0 Å². The smallest absolute Gasteiger partial charge is 0.261 e. The normalized spacial score (nSPS) is 12.8. The molecule has 2 aromatic carbocycles. The van der Waals surface area contributed by atoms with Gasteiger partial charge in [0.15, 0.2) is 0 Å². The predicted octanol–water partition coefficient (Wildman–Crippen LogP) is 2.97. The first-order chi connectivity index (χ1) is 16.0. The van der Waals surface area contributed by atoms with E-state index in [1.807, 2.05) is 56.3 Å². The number of fused-ring (bicyclic) bond motifs is 1. The van der Waals surface area contributed by atoms with Crippen molar-refractivity contribution < 1.29 is 5.11 Å². The minimum Gasteiger partial charge on any atom is -0.394 e. The molecule has 4 aromatic rings. The molecule has 8 heteroatoms. The molecule has 4 rings (SSSR count). The van der Waals surface area contributed by atoms with Gasteiger partial charge < -0.3 is 26.1 Å². The molecule has 33 heavy (non-hydrogen) atoms. The quantitative estimate of drug-likeness (QED) is 0.211. The van der Waals surface area contributed by atoms with E-state index < -0.39 is 0 Å². The van der Waals surface area contributed by atoms with Gasteiger partial charge in [0.1, 0.15) is 17.2 Å². The van der Waals surface area contributed by atoms with Gasteiger partial charge in [-0.25, -0.2) is 4.98 Å². The molecule has 0 amide bonds. The molecule has 1 atom stereocenters. The lowest BCUT2D eigenvalue weighted by molar-refractivity contribution is 0.274. The minimum absolute atomic E-state index is 0.0836. The summed E-state index contributed by atoms with van der Waals surface area (Å²) in [4.78, 5) is 27.8. The Hall–Kier alpha value is -3.91. The fraction of sp³-hybridized carbons (Fsp3) is 0.240. The van der Waals surface area contributed by atoms with Crippen LogP contribution >= 0.6 is 0 Å². The average molecular weight is 445 g/mol. The molecule has 0 radical (unpaired) electrons. The average Bonchev–Trinajstić information content (AvgIpc) is 3.24. The summed E-state index contributed by atoms with van der Waals surface area (Å²) < 4.78 is 0. The Kier molecular flexibility index (Phi) is 6.55. The molecule has 0 aliphatic carbocycles. The van der Waals surface area contributed by atoms with E-state index >= 15 is 0 Å². The number of aromatic amines is 2. The first-order valence-corrected chi connectivity index (χ1v) is 10.9. The Morgan fingerprint density at radius 2 is 2.03 bits per heavy atom. The first kappa shape index (κ1) is 22.3. The Bertz CT molecular complexity index is 1340. The molecule has 170 valence electrons. The van der Waals surface area contributed by atoms with Gasteiger partial charge in [-0.3, -0.25) is 9.79 Å². The number of aliphatic hydroxyl groups is 1. The van der Waals surface area contributed by atoms with Crippen molar-refractivity contribution in [3.63, 3.8) is 0 Å². The molecular weight excluding hydrogens is 416 g/mol. The van der Waals surface area contributed by atoms with Crippen molar-refractivity contribution in [3.05, 3.63) is 81.8 Å². The number of aromatic nitrogens is 3. The second-order valence-electron chi connectivity index (χ2n) is 7.94. The highest BCUT2D eigenvalue weighted by molar-refractivity contribution is 6.01. The van der Waals surface area contributed by atoms with Gasteiger partial charge in [-0.05, 0) is 49.6 Å². The molecule has 0 aliphatic heterocycles. The lowest BCUT2D eigenvalue weighted by Crippen LogP contribution is -2.28. The van der Waals surface area contributed by atoms with Gasteiger partial charge in [0.25, 0.3) is 5.56 Å². The van der Waals surface area contributed by atoms with E-state index in [1.54, 1.807) is 12.3 Å². The van der Waals surface area contributed by atoms with Crippen molar-refractivity contribution in [3.8, 4) is 11.4 Å². The Labute approximate surface area is 191 Å². The fourth-order valence-corrected chi connectivity index (χ4v) is 3.93. The summed E-state index contributed by atoms with van der Waals surface area (Å²) in [7, 11) is 0. The summed E-state index contributed by atoms with van der Waals surface area (Å²) in [5.41, 5.74) is 11.2. The number of amidine groups is 1. The van der Waals surface area contributed by atoms with Crippen LogP contribution in [0.15, 0.2) is 64.5 Å². The van der Waals surface area contributed by atoms with E-state index in [0.717, 1.165) is 27.7 Å². The zero-order chi connectivity index (χ0) is 23.4. The van der Waals surface area contributed by atoms with Crippen LogP contribution in [0.4, 0.5) is 5.69 Å². The van der Waals surface area contributed by atoms with Crippen LogP contribution in [0.5, 0.6) is 0 Å². The predicted molar refractivity (Wildman–Crippen MR) is 133 cm³/mol. The molecule has 2 heterocycles. The molecule has 2 aromatic heterocycles. The molecule has 0 saturated carbocycles. The standard InChI is InChI=1S/C25H28N6O2/c1-3-27-23(26)17-11-15(2)22-20(13-17)30-24(31-22)21-19(9-10-28-25(21)33)29-18(14-32)12-16-7-5-4-6-8-16/h4-11,13,18,32H,3,12,14H2,1-2H3,(H2,26,27)(H,30,31)(H2,28,29,33)/t18-/m0/s1. The lowest BCUT2D eigenvalue weighted by atomic mass is 10.1. The molecule has 0 fully saturated rings. The van der Waals surface area contributed by atoms with E-state index in [4.69, 9.17) is 10.7 Å². The number of aliphatic hydroxyl groups excluding tert-OH is 1. The second-order valence-corrected chi connectivity index (χ2v) is 7.94. The van der Waals surface area contributed by atoms with Gasteiger partial charge in [-0.1, -0.05) is 30.3 Å². The SMILES string of the molecule is CC/N=C(\N)c1cc(C)c2nc(-c3c(N[C@H](CO)Cc4ccccc4)cc[nH]c3=O)[nH]c2c1. The topological polar surface area (TPSA) is 132 Å². The minimum atomic E-state index is -0.277. The zero-order valence-corrected chi connectivity index (χ0v) is 18.7. The summed E-state index contributed by atoms with van der Waals surface area (Å²) in [6.07, 6.45) is 2.20. The van der Waals surface area contributed by atoms with Gasteiger partial charge in [0, 0.05) is 18.3 Å². The fourth-order valence-electron chi connectivity index (χ4n) is 3.93.